The van der Waals surface area contributed by atoms with Crippen molar-refractivity contribution in [3.63, 3.8) is 0 Å². The van der Waals surface area contributed by atoms with Gasteiger partial charge in [0.25, 0.3) is 5.91 Å². The van der Waals surface area contributed by atoms with E-state index >= 15 is 0 Å². The van der Waals surface area contributed by atoms with Crippen LogP contribution in [0.1, 0.15) is 33.5 Å². The maximum atomic E-state index is 12.0. The molecule has 1 amide bonds. The van der Waals surface area contributed by atoms with Crippen LogP contribution in [0.2, 0.25) is 0 Å². The Balaban J connectivity index is 2.00. The maximum Gasteiger partial charge on any atom is 0.273 e. The lowest BCUT2D eigenvalue weighted by atomic mass is 10.1. The summed E-state index contributed by atoms with van der Waals surface area (Å²) in [5, 5.41) is 15.4. The van der Waals surface area contributed by atoms with Crippen molar-refractivity contribution in [2.24, 2.45) is 0 Å². The first kappa shape index (κ1) is 16.2. The molecule has 1 atom stereocenters. The number of hydrogen-bond acceptors (Lipinski definition) is 5. The predicted molar refractivity (Wildman–Crippen MR) is 80.5 cm³/mol. The molecule has 0 radical (unpaired) electrons. The number of amides is 1. The van der Waals surface area contributed by atoms with Crippen LogP contribution in [-0.2, 0) is 4.74 Å². The summed E-state index contributed by atoms with van der Waals surface area (Å²) in [6.45, 7) is 4.15. The van der Waals surface area contributed by atoms with Crippen LogP contribution < -0.4 is 5.32 Å². The Morgan fingerprint density at radius 3 is 2.68 bits per heavy atom. The van der Waals surface area contributed by atoms with E-state index in [0.29, 0.717) is 5.76 Å². The Labute approximate surface area is 129 Å². The number of rotatable bonds is 7. The number of carbonyl (C=O) groups excluding carboxylic acids is 1. The Morgan fingerprint density at radius 1 is 1.36 bits per heavy atom. The zero-order valence-corrected chi connectivity index (χ0v) is 12.7. The molecule has 1 aromatic heterocycles. The second-order valence-electron chi connectivity index (χ2n) is 5.03. The third-order valence-electron chi connectivity index (χ3n) is 3.17. The molecule has 2 rings (SSSR count). The quantitative estimate of drug-likeness (QED) is 0.814. The molecular weight excluding hydrogens is 284 g/mol. The van der Waals surface area contributed by atoms with Crippen LogP contribution in [0.15, 0.2) is 34.9 Å². The highest BCUT2D eigenvalue weighted by Gasteiger charge is 2.16. The fourth-order valence-corrected chi connectivity index (χ4v) is 2.00. The number of aromatic nitrogens is 1. The van der Waals surface area contributed by atoms with Crippen molar-refractivity contribution in [2.75, 3.05) is 19.8 Å². The number of hydrogen-bond donors (Lipinski definition) is 2. The van der Waals surface area contributed by atoms with E-state index in [0.717, 1.165) is 11.1 Å². The first-order valence-corrected chi connectivity index (χ1v) is 7.10. The first-order valence-electron chi connectivity index (χ1n) is 7.10. The minimum absolute atomic E-state index is 0.0706. The molecule has 2 aromatic rings. The van der Waals surface area contributed by atoms with E-state index in [1.54, 1.807) is 13.0 Å². The standard InChI is InChI=1S/C16H20N2O4/c1-11-3-5-13(6-4-11)15(21-8-7-19)10-17-16(20)14-9-12(2)22-18-14/h3-6,9,15,19H,7-8,10H2,1-2H3,(H,17,20)/t15-/m0/s1. The van der Waals surface area contributed by atoms with Gasteiger partial charge in [0.15, 0.2) is 5.69 Å². The lowest BCUT2D eigenvalue weighted by molar-refractivity contribution is 0.0276. The van der Waals surface area contributed by atoms with Gasteiger partial charge >= 0.3 is 0 Å². The molecule has 6 heteroatoms. The summed E-state index contributed by atoms with van der Waals surface area (Å²) < 4.78 is 10.5. The molecule has 22 heavy (non-hydrogen) atoms. The topological polar surface area (TPSA) is 84.6 Å². The Hall–Kier alpha value is -2.18. The molecule has 0 saturated carbocycles. The van der Waals surface area contributed by atoms with Crippen molar-refractivity contribution >= 4 is 5.91 Å². The molecule has 0 aliphatic rings. The Kier molecular flexibility index (Phi) is 5.68. The van der Waals surface area contributed by atoms with Gasteiger partial charge in [-0.1, -0.05) is 35.0 Å². The fraction of sp³-hybridized carbons (Fsp3) is 0.375. The van der Waals surface area contributed by atoms with Gasteiger partial charge in [-0.25, -0.2) is 0 Å². The molecule has 1 heterocycles. The third kappa shape index (κ3) is 4.41. The van der Waals surface area contributed by atoms with Crippen LogP contribution in [0, 0.1) is 13.8 Å². The lowest BCUT2D eigenvalue weighted by Gasteiger charge is -2.18. The summed E-state index contributed by atoms with van der Waals surface area (Å²) in [5.41, 5.74) is 2.32. The average Bonchev–Trinajstić information content (AvgIpc) is 2.95. The van der Waals surface area contributed by atoms with Gasteiger partial charge in [0.2, 0.25) is 0 Å². The minimum Gasteiger partial charge on any atom is -0.394 e. The molecule has 0 saturated heterocycles. The van der Waals surface area contributed by atoms with Crippen molar-refractivity contribution in [1.29, 1.82) is 0 Å². The highest BCUT2D eigenvalue weighted by molar-refractivity contribution is 5.92. The average molecular weight is 304 g/mol. The smallest absolute Gasteiger partial charge is 0.273 e. The molecule has 2 N–H and O–H groups in total. The van der Waals surface area contributed by atoms with E-state index in [4.69, 9.17) is 14.4 Å². The minimum atomic E-state index is -0.329. The summed E-state index contributed by atoms with van der Waals surface area (Å²) in [4.78, 5) is 12.0. The first-order chi connectivity index (χ1) is 10.6. The monoisotopic (exact) mass is 304 g/mol. The molecular formula is C16H20N2O4. The second kappa shape index (κ2) is 7.72. The van der Waals surface area contributed by atoms with Crippen LogP contribution in [0.5, 0.6) is 0 Å². The normalized spacial score (nSPS) is 12.1. The molecule has 0 fully saturated rings. The number of nitrogens with zero attached hydrogens (tertiary/aromatic N) is 1. The van der Waals surface area contributed by atoms with Crippen molar-refractivity contribution < 1.29 is 19.2 Å². The number of aliphatic hydroxyl groups is 1. The zero-order chi connectivity index (χ0) is 15.9. The maximum absolute atomic E-state index is 12.0. The molecule has 0 aliphatic heterocycles. The van der Waals surface area contributed by atoms with E-state index in [-0.39, 0.29) is 37.5 Å². The molecule has 0 unspecified atom stereocenters. The van der Waals surface area contributed by atoms with Crippen molar-refractivity contribution in [3.05, 3.63) is 52.9 Å². The summed E-state index contributed by atoms with van der Waals surface area (Å²) in [5.74, 6) is 0.262. The highest BCUT2D eigenvalue weighted by Crippen LogP contribution is 2.17. The number of ether oxygens (including phenoxy) is 1. The zero-order valence-electron chi connectivity index (χ0n) is 12.7. The van der Waals surface area contributed by atoms with Crippen molar-refractivity contribution in [2.45, 2.75) is 20.0 Å². The second-order valence-corrected chi connectivity index (χ2v) is 5.03. The summed E-state index contributed by atoms with van der Waals surface area (Å²) in [6.07, 6.45) is -0.329. The predicted octanol–water partition coefficient (Wildman–Crippen LogP) is 1.77. The van der Waals surface area contributed by atoms with E-state index < -0.39 is 0 Å². The fourth-order valence-electron chi connectivity index (χ4n) is 2.00. The largest absolute Gasteiger partial charge is 0.394 e. The SMILES string of the molecule is Cc1ccc([C@H](CNC(=O)c2cc(C)on2)OCCO)cc1. The third-order valence-corrected chi connectivity index (χ3v) is 3.17. The summed E-state index contributed by atoms with van der Waals surface area (Å²) in [7, 11) is 0. The van der Waals surface area contributed by atoms with E-state index in [9.17, 15) is 4.79 Å². The Bertz CT molecular complexity index is 607. The van der Waals surface area contributed by atoms with Crippen LogP contribution in [-0.4, -0.2) is 35.9 Å². The highest BCUT2D eigenvalue weighted by atomic mass is 16.5. The molecule has 0 bridgehead atoms. The van der Waals surface area contributed by atoms with E-state index in [2.05, 4.69) is 10.5 Å². The molecule has 0 spiro atoms. The van der Waals surface area contributed by atoms with E-state index in [1.807, 2.05) is 31.2 Å². The van der Waals surface area contributed by atoms with Crippen molar-refractivity contribution in [1.82, 2.24) is 10.5 Å². The van der Waals surface area contributed by atoms with Gasteiger partial charge in [-0.15, -0.1) is 0 Å². The van der Waals surface area contributed by atoms with Crippen LogP contribution in [0.3, 0.4) is 0 Å². The van der Waals surface area contributed by atoms with Crippen molar-refractivity contribution in [3.8, 4) is 0 Å². The number of aryl methyl sites for hydroxylation is 2. The van der Waals surface area contributed by atoms with Gasteiger partial charge in [-0.2, -0.15) is 0 Å². The molecule has 1 aromatic carbocycles. The van der Waals surface area contributed by atoms with Gasteiger partial charge in [0.05, 0.1) is 19.3 Å². The number of carbonyl (C=O) groups is 1. The lowest BCUT2D eigenvalue weighted by Crippen LogP contribution is -2.30. The number of nitrogens with one attached hydrogen (secondary N) is 1. The molecule has 118 valence electrons. The Morgan fingerprint density at radius 2 is 2.09 bits per heavy atom. The van der Waals surface area contributed by atoms with Gasteiger partial charge < -0.3 is 19.7 Å². The summed E-state index contributed by atoms with van der Waals surface area (Å²) in [6, 6.07) is 9.43. The van der Waals surface area contributed by atoms with Crippen LogP contribution in [0.4, 0.5) is 0 Å². The van der Waals surface area contributed by atoms with Gasteiger partial charge in [0, 0.05) is 12.6 Å². The van der Waals surface area contributed by atoms with Gasteiger partial charge in [0.1, 0.15) is 5.76 Å². The van der Waals surface area contributed by atoms with Gasteiger partial charge in [-0.3, -0.25) is 4.79 Å². The van der Waals surface area contributed by atoms with E-state index in [1.165, 1.54) is 0 Å². The summed E-state index contributed by atoms with van der Waals surface area (Å²) >= 11 is 0. The number of benzene rings is 1. The van der Waals surface area contributed by atoms with Crippen LogP contribution >= 0.6 is 0 Å². The van der Waals surface area contributed by atoms with Crippen LogP contribution in [0.25, 0.3) is 0 Å². The molecule has 6 nitrogen and oxygen atoms in total. The number of aliphatic hydroxyl groups excluding tert-OH is 1. The van der Waals surface area contributed by atoms with Gasteiger partial charge in [-0.05, 0) is 19.4 Å². The molecule has 0 aliphatic carbocycles.